The molecule has 2 aromatic carbocycles. The van der Waals surface area contributed by atoms with Gasteiger partial charge in [-0.2, -0.15) is 0 Å². The number of hydrogen-bond acceptors (Lipinski definition) is 2. The molecule has 0 atom stereocenters. The van der Waals surface area contributed by atoms with E-state index in [1.54, 1.807) is 24.3 Å². The third kappa shape index (κ3) is 12.6. The SMILES string of the molecule is CCCCCCCCc1cccc(O)c1CCCCCCCC.Oc1ccccc1. The Morgan fingerprint density at radius 1 is 0.533 bits per heavy atom. The van der Waals surface area contributed by atoms with E-state index >= 15 is 0 Å². The summed E-state index contributed by atoms with van der Waals surface area (Å²) in [6.07, 6.45) is 18.1. The molecule has 168 valence electrons. The van der Waals surface area contributed by atoms with Gasteiger partial charge in [-0.3, -0.25) is 0 Å². The van der Waals surface area contributed by atoms with E-state index in [9.17, 15) is 5.11 Å². The quantitative estimate of drug-likeness (QED) is 0.305. The number of phenols is 2. The third-order valence-corrected chi connectivity index (χ3v) is 5.58. The van der Waals surface area contributed by atoms with Gasteiger partial charge in [0.05, 0.1) is 0 Å². The molecule has 0 bridgehead atoms. The Morgan fingerprint density at radius 3 is 1.60 bits per heavy atom. The van der Waals surface area contributed by atoms with Crippen LogP contribution in [0.5, 0.6) is 11.5 Å². The van der Waals surface area contributed by atoms with Gasteiger partial charge < -0.3 is 10.2 Å². The second-order valence-corrected chi connectivity index (χ2v) is 8.29. The maximum atomic E-state index is 10.2. The van der Waals surface area contributed by atoms with E-state index in [-0.39, 0.29) is 0 Å². The van der Waals surface area contributed by atoms with Crippen molar-refractivity contribution >= 4 is 0 Å². The van der Waals surface area contributed by atoms with E-state index in [2.05, 4.69) is 19.9 Å². The molecule has 0 amide bonds. The van der Waals surface area contributed by atoms with Gasteiger partial charge in [-0.1, -0.05) is 108 Å². The van der Waals surface area contributed by atoms with E-state index in [1.165, 1.54) is 88.2 Å². The first kappa shape index (κ1) is 26.1. The molecule has 0 aliphatic heterocycles. The highest BCUT2D eigenvalue weighted by Crippen LogP contribution is 2.25. The minimum Gasteiger partial charge on any atom is -0.508 e. The summed E-state index contributed by atoms with van der Waals surface area (Å²) in [7, 11) is 0. The van der Waals surface area contributed by atoms with Crippen LogP contribution in [-0.2, 0) is 12.8 Å². The van der Waals surface area contributed by atoms with Crippen molar-refractivity contribution in [1.82, 2.24) is 0 Å². The smallest absolute Gasteiger partial charge is 0.119 e. The van der Waals surface area contributed by atoms with Gasteiger partial charge in [0, 0.05) is 0 Å². The molecule has 0 aliphatic rings. The topological polar surface area (TPSA) is 40.5 Å². The first-order valence-electron chi connectivity index (χ1n) is 12.2. The first-order chi connectivity index (χ1) is 14.7. The van der Waals surface area contributed by atoms with Crippen LogP contribution in [0.1, 0.15) is 102 Å². The lowest BCUT2D eigenvalue weighted by Gasteiger charge is -2.12. The molecule has 0 fully saturated rings. The second kappa shape index (κ2) is 17.9. The molecule has 0 heterocycles. The monoisotopic (exact) mass is 412 g/mol. The van der Waals surface area contributed by atoms with Gasteiger partial charge in [0.2, 0.25) is 0 Å². The lowest BCUT2D eigenvalue weighted by atomic mass is 9.95. The van der Waals surface area contributed by atoms with E-state index < -0.39 is 0 Å². The summed E-state index contributed by atoms with van der Waals surface area (Å²) in [6.45, 7) is 4.53. The average molecular weight is 413 g/mol. The summed E-state index contributed by atoms with van der Waals surface area (Å²) in [5, 5.41) is 18.8. The predicted octanol–water partition coefficient (Wildman–Crippen LogP) is 8.59. The van der Waals surface area contributed by atoms with Gasteiger partial charge in [-0.25, -0.2) is 0 Å². The number of hydrogen-bond donors (Lipinski definition) is 2. The number of rotatable bonds is 14. The van der Waals surface area contributed by atoms with Crippen LogP contribution in [0, 0.1) is 0 Å². The van der Waals surface area contributed by atoms with Gasteiger partial charge >= 0.3 is 0 Å². The third-order valence-electron chi connectivity index (χ3n) is 5.58. The second-order valence-electron chi connectivity index (χ2n) is 8.29. The standard InChI is InChI=1S/C22H38O.C6H6O/c1-3-5-7-9-11-13-16-20-17-15-19-22(23)21(20)18-14-12-10-8-6-4-2;7-6-4-2-1-3-5-6/h15,17,19,23H,3-14,16,18H2,1-2H3;1-5,7H. The Labute approximate surface area is 185 Å². The van der Waals surface area contributed by atoms with Crippen LogP contribution in [0.3, 0.4) is 0 Å². The number of aryl methyl sites for hydroxylation is 1. The summed E-state index contributed by atoms with van der Waals surface area (Å²) < 4.78 is 0. The molecule has 0 saturated heterocycles. The first-order valence-corrected chi connectivity index (χ1v) is 12.2. The van der Waals surface area contributed by atoms with Crippen molar-refractivity contribution in [3.8, 4) is 11.5 Å². The Bertz CT molecular complexity index is 636. The highest BCUT2D eigenvalue weighted by atomic mass is 16.3. The Hall–Kier alpha value is -1.96. The highest BCUT2D eigenvalue weighted by molar-refractivity contribution is 5.39. The van der Waals surface area contributed by atoms with Crippen molar-refractivity contribution in [2.75, 3.05) is 0 Å². The van der Waals surface area contributed by atoms with Crippen LogP contribution in [0.15, 0.2) is 48.5 Å². The molecule has 2 aromatic rings. The number of phenolic OH excluding ortho intramolecular Hbond substituents is 2. The van der Waals surface area contributed by atoms with Crippen LogP contribution in [-0.4, -0.2) is 10.2 Å². The van der Waals surface area contributed by atoms with Gasteiger partial charge in [0.25, 0.3) is 0 Å². The zero-order valence-electron chi connectivity index (χ0n) is 19.4. The van der Waals surface area contributed by atoms with E-state index in [0.717, 1.165) is 12.8 Å². The van der Waals surface area contributed by atoms with Crippen LogP contribution in [0.2, 0.25) is 0 Å². The molecular formula is C28H44O2. The van der Waals surface area contributed by atoms with Crippen LogP contribution in [0.4, 0.5) is 0 Å². The summed E-state index contributed by atoms with van der Waals surface area (Å²) in [4.78, 5) is 0. The molecule has 0 saturated carbocycles. The minimum absolute atomic E-state index is 0.322. The molecule has 2 heteroatoms. The Morgan fingerprint density at radius 2 is 1.07 bits per heavy atom. The molecule has 0 unspecified atom stereocenters. The number of benzene rings is 2. The van der Waals surface area contributed by atoms with Crippen molar-refractivity contribution in [2.24, 2.45) is 0 Å². The van der Waals surface area contributed by atoms with Crippen LogP contribution in [0.25, 0.3) is 0 Å². The molecule has 2 N–H and O–H groups in total. The summed E-state index contributed by atoms with van der Waals surface area (Å²) in [5.41, 5.74) is 2.60. The van der Waals surface area contributed by atoms with Crippen molar-refractivity contribution in [3.63, 3.8) is 0 Å². The normalized spacial score (nSPS) is 10.5. The maximum absolute atomic E-state index is 10.2. The summed E-state index contributed by atoms with van der Waals surface area (Å²) >= 11 is 0. The Balaban J connectivity index is 0.000000539. The lowest BCUT2D eigenvalue weighted by Crippen LogP contribution is -1.96. The molecular weight excluding hydrogens is 368 g/mol. The molecule has 0 aromatic heterocycles. The van der Waals surface area contributed by atoms with Crippen molar-refractivity contribution in [2.45, 2.75) is 104 Å². The summed E-state index contributed by atoms with van der Waals surface area (Å²) in [5.74, 6) is 0.838. The van der Waals surface area contributed by atoms with Gasteiger partial charge in [0.1, 0.15) is 11.5 Å². The van der Waals surface area contributed by atoms with E-state index in [0.29, 0.717) is 11.5 Å². The molecule has 0 aliphatic carbocycles. The van der Waals surface area contributed by atoms with Crippen molar-refractivity contribution < 1.29 is 10.2 Å². The zero-order chi connectivity index (χ0) is 21.9. The predicted molar refractivity (Wildman–Crippen MR) is 130 cm³/mol. The molecule has 0 spiro atoms. The zero-order valence-corrected chi connectivity index (χ0v) is 19.4. The van der Waals surface area contributed by atoms with Gasteiger partial charge in [-0.05, 0) is 55.0 Å². The van der Waals surface area contributed by atoms with Crippen molar-refractivity contribution in [3.05, 3.63) is 59.7 Å². The summed E-state index contributed by atoms with van der Waals surface area (Å²) in [6, 6.07) is 14.8. The average Bonchev–Trinajstić information content (AvgIpc) is 2.75. The molecule has 2 nitrogen and oxygen atoms in total. The maximum Gasteiger partial charge on any atom is 0.119 e. The number of para-hydroxylation sites is 1. The minimum atomic E-state index is 0.322. The van der Waals surface area contributed by atoms with Crippen LogP contribution < -0.4 is 0 Å². The van der Waals surface area contributed by atoms with Crippen molar-refractivity contribution in [1.29, 1.82) is 0 Å². The highest BCUT2D eigenvalue weighted by Gasteiger charge is 2.07. The lowest BCUT2D eigenvalue weighted by molar-refractivity contribution is 0.464. The van der Waals surface area contributed by atoms with E-state index in [4.69, 9.17) is 5.11 Å². The molecule has 30 heavy (non-hydrogen) atoms. The largest absolute Gasteiger partial charge is 0.508 e. The Kier molecular flexibility index (Phi) is 15.5. The molecule has 2 rings (SSSR count). The fourth-order valence-corrected chi connectivity index (χ4v) is 3.75. The van der Waals surface area contributed by atoms with E-state index in [1.807, 2.05) is 18.2 Å². The fraction of sp³-hybridized carbons (Fsp3) is 0.571. The number of unbranched alkanes of at least 4 members (excludes halogenated alkanes) is 10. The number of aromatic hydroxyl groups is 2. The van der Waals surface area contributed by atoms with Gasteiger partial charge in [-0.15, -0.1) is 0 Å². The fourth-order valence-electron chi connectivity index (χ4n) is 3.75. The van der Waals surface area contributed by atoms with Crippen LogP contribution >= 0.6 is 0 Å². The molecule has 0 radical (unpaired) electrons. The van der Waals surface area contributed by atoms with Gasteiger partial charge in [0.15, 0.2) is 0 Å².